The molecule has 0 aliphatic carbocycles. The van der Waals surface area contributed by atoms with Crippen LogP contribution in [0.5, 0.6) is 0 Å². The molecule has 254 valence electrons. The van der Waals surface area contributed by atoms with Crippen LogP contribution in [0, 0.1) is 20.8 Å². The molecule has 0 aliphatic heterocycles. The third kappa shape index (κ3) is 13.3. The van der Waals surface area contributed by atoms with Crippen molar-refractivity contribution in [3.05, 3.63) is 88.0 Å². The summed E-state index contributed by atoms with van der Waals surface area (Å²) in [5.74, 6) is 0. The van der Waals surface area contributed by atoms with Crippen molar-refractivity contribution in [2.24, 2.45) is 0 Å². The highest BCUT2D eigenvalue weighted by Crippen LogP contribution is 2.38. The maximum atomic E-state index is 2.62. The molecule has 0 fully saturated rings. The van der Waals surface area contributed by atoms with Crippen LogP contribution in [-0.4, -0.2) is 0 Å². The van der Waals surface area contributed by atoms with Gasteiger partial charge in [-0.3, -0.25) is 0 Å². The maximum Gasteiger partial charge on any atom is -0.0119 e. The van der Waals surface area contributed by atoms with Gasteiger partial charge >= 0.3 is 0 Å². The van der Waals surface area contributed by atoms with Crippen LogP contribution in [0.4, 0.5) is 0 Å². The number of hydrogen-bond donors (Lipinski definition) is 0. The van der Waals surface area contributed by atoms with Gasteiger partial charge in [0.05, 0.1) is 0 Å². The molecule has 0 bridgehead atoms. The minimum Gasteiger partial charge on any atom is -0.0654 e. The van der Waals surface area contributed by atoms with E-state index in [-0.39, 0.29) is 0 Å². The Hall–Kier alpha value is -1.91. The molecule has 0 atom stereocenters. The molecular weight excluding hydrogens is 571 g/mol. The zero-order valence-corrected chi connectivity index (χ0v) is 31.9. The SMILES string of the molecule is CCCCCCCCc1ccc(C)c(P(c2cc(CCCCCCCC)ccc2C)c2cc(CCCCCCCC)ccc2C)c1. The molecule has 0 saturated heterocycles. The second kappa shape index (κ2) is 22.6. The van der Waals surface area contributed by atoms with Crippen molar-refractivity contribution >= 4 is 23.8 Å². The van der Waals surface area contributed by atoms with Crippen LogP contribution in [0.25, 0.3) is 0 Å². The molecule has 0 saturated carbocycles. The van der Waals surface area contributed by atoms with Crippen molar-refractivity contribution in [3.8, 4) is 0 Å². The summed E-state index contributed by atoms with van der Waals surface area (Å²) < 4.78 is 0. The van der Waals surface area contributed by atoms with Crippen molar-refractivity contribution < 1.29 is 0 Å². The van der Waals surface area contributed by atoms with Gasteiger partial charge in [0.2, 0.25) is 0 Å². The molecule has 0 N–H and O–H groups in total. The van der Waals surface area contributed by atoms with Gasteiger partial charge in [-0.15, -0.1) is 0 Å². The third-order valence-corrected chi connectivity index (χ3v) is 12.9. The number of aryl methyl sites for hydroxylation is 6. The smallest absolute Gasteiger partial charge is 0.0119 e. The van der Waals surface area contributed by atoms with Gasteiger partial charge in [0, 0.05) is 0 Å². The summed E-state index contributed by atoms with van der Waals surface area (Å²) in [4.78, 5) is 0. The number of benzene rings is 3. The van der Waals surface area contributed by atoms with Gasteiger partial charge in [0.15, 0.2) is 0 Å². The zero-order valence-electron chi connectivity index (χ0n) is 31.0. The average molecular weight is 641 g/mol. The molecule has 0 aromatic heterocycles. The van der Waals surface area contributed by atoms with Crippen LogP contribution in [0.3, 0.4) is 0 Å². The Morgan fingerprint density at radius 2 is 0.609 bits per heavy atom. The molecule has 0 radical (unpaired) electrons. The fourth-order valence-electron chi connectivity index (χ4n) is 6.87. The molecule has 3 aromatic rings. The van der Waals surface area contributed by atoms with E-state index in [0.717, 1.165) is 0 Å². The molecule has 0 spiro atoms. The Labute approximate surface area is 287 Å². The maximum absolute atomic E-state index is 2.62. The summed E-state index contributed by atoms with van der Waals surface area (Å²) in [5, 5.41) is 4.74. The first-order valence-corrected chi connectivity index (χ1v) is 20.9. The Morgan fingerprint density at radius 3 is 0.891 bits per heavy atom. The van der Waals surface area contributed by atoms with Crippen LogP contribution in [-0.2, 0) is 19.3 Å². The lowest BCUT2D eigenvalue weighted by atomic mass is 10.0. The molecule has 0 aliphatic rings. The van der Waals surface area contributed by atoms with Crippen LogP contribution < -0.4 is 15.9 Å². The van der Waals surface area contributed by atoms with Crippen LogP contribution in [0.15, 0.2) is 54.6 Å². The fourth-order valence-corrected chi connectivity index (χ4v) is 9.82. The van der Waals surface area contributed by atoms with Gasteiger partial charge in [-0.2, -0.15) is 0 Å². The molecule has 0 amide bonds. The van der Waals surface area contributed by atoms with Crippen molar-refractivity contribution in [3.63, 3.8) is 0 Å². The third-order valence-electron chi connectivity index (χ3n) is 10.0. The van der Waals surface area contributed by atoms with Crippen molar-refractivity contribution in [2.45, 2.75) is 176 Å². The molecule has 46 heavy (non-hydrogen) atoms. The summed E-state index contributed by atoms with van der Waals surface area (Å²) in [6.07, 6.45) is 28.1. The van der Waals surface area contributed by atoms with Crippen molar-refractivity contribution in [1.29, 1.82) is 0 Å². The monoisotopic (exact) mass is 641 g/mol. The van der Waals surface area contributed by atoms with Gasteiger partial charge in [-0.1, -0.05) is 172 Å². The van der Waals surface area contributed by atoms with E-state index in [0.29, 0.717) is 0 Å². The van der Waals surface area contributed by atoms with E-state index >= 15 is 0 Å². The van der Waals surface area contributed by atoms with E-state index in [1.165, 1.54) is 168 Å². The molecule has 3 rings (SSSR count). The summed E-state index contributed by atoms with van der Waals surface area (Å²) in [6, 6.07) is 22.4. The van der Waals surface area contributed by atoms with E-state index in [2.05, 4.69) is 96.1 Å². The highest BCUT2D eigenvalue weighted by atomic mass is 31.1. The lowest BCUT2D eigenvalue weighted by Gasteiger charge is -2.26. The van der Waals surface area contributed by atoms with Gasteiger partial charge in [-0.25, -0.2) is 0 Å². The van der Waals surface area contributed by atoms with Gasteiger partial charge in [0.25, 0.3) is 0 Å². The summed E-state index contributed by atoms with van der Waals surface area (Å²) in [5.41, 5.74) is 8.97. The Bertz CT molecular complexity index is 1100. The molecule has 0 unspecified atom stereocenters. The van der Waals surface area contributed by atoms with E-state index in [4.69, 9.17) is 0 Å². The quantitative estimate of drug-likeness (QED) is 0.0675. The van der Waals surface area contributed by atoms with E-state index in [1.54, 1.807) is 15.9 Å². The molecule has 3 aromatic carbocycles. The largest absolute Gasteiger partial charge is 0.0654 e. The summed E-state index contributed by atoms with van der Waals surface area (Å²) >= 11 is 0. The minimum atomic E-state index is -0.637. The second-order valence-corrected chi connectivity index (χ2v) is 16.4. The summed E-state index contributed by atoms with van der Waals surface area (Å²) in [6.45, 7) is 14.0. The topological polar surface area (TPSA) is 0 Å². The number of hydrogen-bond acceptors (Lipinski definition) is 0. The van der Waals surface area contributed by atoms with Gasteiger partial charge in [0.1, 0.15) is 0 Å². The highest BCUT2D eigenvalue weighted by Gasteiger charge is 2.23. The standard InChI is InChI=1S/C45H69P/c1-7-10-13-16-19-22-25-40-31-28-37(4)43(34-40)46(44-35-41(32-29-38(44)5)26-23-20-17-14-11-8-2)45-36-42(33-30-39(45)6)27-24-21-18-15-12-9-3/h28-36H,7-27H2,1-6H3. The zero-order chi connectivity index (χ0) is 33.0. The van der Waals surface area contributed by atoms with Crippen LogP contribution >= 0.6 is 7.92 Å². The minimum absolute atomic E-state index is 0.637. The summed E-state index contributed by atoms with van der Waals surface area (Å²) in [7, 11) is -0.637. The number of rotatable bonds is 24. The van der Waals surface area contributed by atoms with E-state index in [9.17, 15) is 0 Å². The van der Waals surface area contributed by atoms with Gasteiger partial charge < -0.3 is 0 Å². The first kappa shape index (κ1) is 38.5. The van der Waals surface area contributed by atoms with E-state index < -0.39 is 7.92 Å². The first-order chi connectivity index (χ1) is 22.5. The molecule has 1 heteroatoms. The Balaban J connectivity index is 1.93. The lowest BCUT2D eigenvalue weighted by molar-refractivity contribution is 0.607. The highest BCUT2D eigenvalue weighted by molar-refractivity contribution is 7.80. The predicted molar refractivity (Wildman–Crippen MR) is 211 cm³/mol. The van der Waals surface area contributed by atoms with Crippen molar-refractivity contribution in [2.75, 3.05) is 0 Å². The Kier molecular flexibility index (Phi) is 19.0. The Morgan fingerprint density at radius 1 is 0.348 bits per heavy atom. The lowest BCUT2D eigenvalue weighted by Crippen LogP contribution is -2.26. The molecular formula is C45H69P. The number of unbranched alkanes of at least 4 members (excludes halogenated alkanes) is 15. The van der Waals surface area contributed by atoms with Gasteiger partial charge in [-0.05, 0) is 117 Å². The molecule has 0 nitrogen and oxygen atoms in total. The fraction of sp³-hybridized carbons (Fsp3) is 0.600. The van der Waals surface area contributed by atoms with Crippen LogP contribution in [0.2, 0.25) is 0 Å². The predicted octanol–water partition coefficient (Wildman–Crippen LogP) is 13.1. The average Bonchev–Trinajstić information content (AvgIpc) is 3.06. The van der Waals surface area contributed by atoms with Crippen molar-refractivity contribution in [1.82, 2.24) is 0 Å². The molecule has 0 heterocycles. The normalized spacial score (nSPS) is 11.5. The first-order valence-electron chi connectivity index (χ1n) is 19.6. The van der Waals surface area contributed by atoms with E-state index in [1.807, 2.05) is 0 Å². The second-order valence-electron chi connectivity index (χ2n) is 14.3. The van der Waals surface area contributed by atoms with Crippen LogP contribution in [0.1, 0.15) is 170 Å².